The molecule has 10 aromatic rings. The Morgan fingerprint density at radius 2 is 0.690 bits per heavy atom. The number of hydrogen-bond acceptors (Lipinski definition) is 4. The maximum Gasteiger partial charge on any atom is 0.101 e. The molecule has 2 heterocycles. The van der Waals surface area contributed by atoms with Gasteiger partial charge in [-0.1, -0.05) is 170 Å². The van der Waals surface area contributed by atoms with Crippen molar-refractivity contribution in [2.45, 2.75) is 0 Å². The van der Waals surface area contributed by atoms with E-state index in [0.717, 1.165) is 11.4 Å². The molecule has 0 N–H and O–H groups in total. The molecule has 0 unspecified atom stereocenters. The van der Waals surface area contributed by atoms with Crippen molar-refractivity contribution in [3.63, 3.8) is 0 Å². The topological polar surface area (TPSA) is 6.48 Å². The van der Waals surface area contributed by atoms with Crippen LogP contribution >= 0.6 is 22.7 Å². The van der Waals surface area contributed by atoms with Crippen LogP contribution in [0.3, 0.4) is 0 Å². The standard InChI is InChI=1S/C54H38N2S2/c1-3-17-45(18-4-1)55(49-23-11-15-41-13-7-9-21-47(41)49)53-37-35-51(57-53)43-31-27-39(28-32-43)25-26-40-29-33-44(34-30-40)52-36-38-54(58-52)56(46-19-5-2-6-20-46)50-24-12-16-42-14-8-10-22-48(42)50/h1-38H/b26-25+. The largest absolute Gasteiger partial charge is 0.301 e. The summed E-state index contributed by atoms with van der Waals surface area (Å²) in [6.07, 6.45) is 4.39. The second-order valence-corrected chi connectivity index (χ2v) is 16.3. The predicted molar refractivity (Wildman–Crippen MR) is 253 cm³/mol. The van der Waals surface area contributed by atoms with E-state index >= 15 is 0 Å². The third-order valence-corrected chi connectivity index (χ3v) is 12.8. The highest BCUT2D eigenvalue weighted by Crippen LogP contribution is 2.45. The summed E-state index contributed by atoms with van der Waals surface area (Å²) in [5.74, 6) is 0. The lowest BCUT2D eigenvalue weighted by Gasteiger charge is -2.25. The van der Waals surface area contributed by atoms with Crippen LogP contribution in [-0.2, 0) is 0 Å². The molecular formula is C54H38N2S2. The number of hydrogen-bond donors (Lipinski definition) is 0. The summed E-state index contributed by atoms with van der Waals surface area (Å²) < 4.78 is 0. The molecule has 0 aliphatic heterocycles. The zero-order chi connectivity index (χ0) is 38.7. The minimum Gasteiger partial charge on any atom is -0.301 e. The average Bonchev–Trinajstić information content (AvgIpc) is 3.99. The molecule has 0 aliphatic rings. The molecule has 58 heavy (non-hydrogen) atoms. The molecule has 0 atom stereocenters. The van der Waals surface area contributed by atoms with Crippen LogP contribution in [0.1, 0.15) is 11.1 Å². The van der Waals surface area contributed by atoms with Crippen molar-refractivity contribution in [1.82, 2.24) is 0 Å². The quantitative estimate of drug-likeness (QED) is 0.128. The van der Waals surface area contributed by atoms with Gasteiger partial charge in [0.25, 0.3) is 0 Å². The van der Waals surface area contributed by atoms with E-state index in [-0.39, 0.29) is 0 Å². The van der Waals surface area contributed by atoms with Gasteiger partial charge in [0, 0.05) is 31.9 Å². The van der Waals surface area contributed by atoms with Gasteiger partial charge in [0.2, 0.25) is 0 Å². The van der Waals surface area contributed by atoms with E-state index in [1.54, 1.807) is 0 Å². The van der Waals surface area contributed by atoms with Gasteiger partial charge in [0.15, 0.2) is 0 Å². The Hall–Kier alpha value is -6.98. The lowest BCUT2D eigenvalue weighted by molar-refractivity contribution is 1.33. The Morgan fingerprint density at radius 3 is 1.12 bits per heavy atom. The Morgan fingerprint density at radius 1 is 0.310 bits per heavy atom. The molecule has 4 heteroatoms. The SMILES string of the molecule is C(=C\c1ccc(-c2ccc(N(c3ccccc3)c3cccc4ccccc34)s2)cc1)/c1ccc(-c2ccc(N(c3ccccc3)c3cccc4ccccc34)s2)cc1. The zero-order valence-corrected chi connectivity index (χ0v) is 33.3. The van der Waals surface area contributed by atoms with Crippen molar-refractivity contribution in [3.8, 4) is 20.9 Å². The predicted octanol–water partition coefficient (Wildman–Crippen LogP) is 16.6. The van der Waals surface area contributed by atoms with Gasteiger partial charge < -0.3 is 9.80 Å². The average molecular weight is 779 g/mol. The third kappa shape index (κ3) is 7.12. The van der Waals surface area contributed by atoms with E-state index in [2.05, 4.69) is 240 Å². The minimum atomic E-state index is 1.15. The number of thiophene rings is 2. The van der Waals surface area contributed by atoms with Crippen molar-refractivity contribution in [1.29, 1.82) is 0 Å². The van der Waals surface area contributed by atoms with Crippen molar-refractivity contribution < 1.29 is 0 Å². The first-order chi connectivity index (χ1) is 28.7. The number of anilines is 6. The van der Waals surface area contributed by atoms with Crippen molar-refractivity contribution in [2.24, 2.45) is 0 Å². The fourth-order valence-corrected chi connectivity index (χ4v) is 9.74. The lowest BCUT2D eigenvalue weighted by atomic mass is 10.1. The molecule has 10 rings (SSSR count). The fourth-order valence-electron chi connectivity index (χ4n) is 7.65. The van der Waals surface area contributed by atoms with E-state index in [9.17, 15) is 0 Å². The van der Waals surface area contributed by atoms with Gasteiger partial charge in [-0.15, -0.1) is 22.7 Å². The van der Waals surface area contributed by atoms with Gasteiger partial charge in [0.05, 0.1) is 11.4 Å². The summed E-state index contributed by atoms with van der Waals surface area (Å²) in [6, 6.07) is 78.4. The lowest BCUT2D eigenvalue weighted by Crippen LogP contribution is -2.08. The third-order valence-electron chi connectivity index (χ3n) is 10.5. The normalized spacial score (nSPS) is 11.4. The number of benzene rings is 8. The fraction of sp³-hybridized carbons (Fsp3) is 0. The molecule has 0 aliphatic carbocycles. The van der Waals surface area contributed by atoms with Crippen molar-refractivity contribution in [3.05, 3.63) is 230 Å². The maximum absolute atomic E-state index is 2.38. The summed E-state index contributed by atoms with van der Waals surface area (Å²) in [4.78, 5) is 7.23. The van der Waals surface area contributed by atoms with Gasteiger partial charge >= 0.3 is 0 Å². The van der Waals surface area contributed by atoms with E-state index in [1.807, 2.05) is 22.7 Å². The second kappa shape index (κ2) is 15.9. The van der Waals surface area contributed by atoms with Crippen LogP contribution in [0.25, 0.3) is 54.6 Å². The van der Waals surface area contributed by atoms with Gasteiger partial charge in [-0.2, -0.15) is 0 Å². The highest BCUT2D eigenvalue weighted by Gasteiger charge is 2.19. The summed E-state index contributed by atoms with van der Waals surface area (Å²) >= 11 is 3.63. The van der Waals surface area contributed by atoms with Crippen LogP contribution in [0.2, 0.25) is 0 Å². The molecule has 2 aromatic heterocycles. The Labute approximate surface area is 347 Å². The first kappa shape index (κ1) is 35.4. The molecule has 0 saturated carbocycles. The van der Waals surface area contributed by atoms with Gasteiger partial charge in [-0.05, 0) is 93.7 Å². The summed E-state index contributed by atoms with van der Waals surface area (Å²) in [7, 11) is 0. The van der Waals surface area contributed by atoms with Gasteiger partial charge in [-0.25, -0.2) is 0 Å². The molecule has 0 fully saturated rings. The molecule has 276 valence electrons. The number of nitrogens with zero attached hydrogens (tertiary/aromatic N) is 2. The van der Waals surface area contributed by atoms with Gasteiger partial charge in [0.1, 0.15) is 10.0 Å². The summed E-state index contributed by atoms with van der Waals surface area (Å²) in [6.45, 7) is 0. The molecule has 0 spiro atoms. The Kier molecular flexibility index (Phi) is 9.70. The molecule has 2 nitrogen and oxygen atoms in total. The molecule has 0 amide bonds. The zero-order valence-electron chi connectivity index (χ0n) is 31.7. The van der Waals surface area contributed by atoms with E-state index in [0.29, 0.717) is 0 Å². The van der Waals surface area contributed by atoms with Crippen LogP contribution in [-0.4, -0.2) is 0 Å². The molecule has 0 radical (unpaired) electrons. The first-order valence-electron chi connectivity index (χ1n) is 19.5. The van der Waals surface area contributed by atoms with Crippen LogP contribution < -0.4 is 9.80 Å². The van der Waals surface area contributed by atoms with Crippen LogP contribution in [0.15, 0.2) is 218 Å². The van der Waals surface area contributed by atoms with Crippen molar-refractivity contribution >= 4 is 89.1 Å². The van der Waals surface area contributed by atoms with E-state index in [4.69, 9.17) is 0 Å². The second-order valence-electron chi connectivity index (χ2n) is 14.2. The first-order valence-corrected chi connectivity index (χ1v) is 21.1. The van der Waals surface area contributed by atoms with E-state index in [1.165, 1.54) is 74.9 Å². The highest BCUT2D eigenvalue weighted by molar-refractivity contribution is 7.20. The number of fused-ring (bicyclic) bond motifs is 2. The van der Waals surface area contributed by atoms with Gasteiger partial charge in [-0.3, -0.25) is 0 Å². The van der Waals surface area contributed by atoms with Crippen LogP contribution in [0.4, 0.5) is 32.8 Å². The minimum absolute atomic E-state index is 1.15. The van der Waals surface area contributed by atoms with E-state index < -0.39 is 0 Å². The molecule has 0 saturated heterocycles. The monoisotopic (exact) mass is 778 g/mol. The van der Waals surface area contributed by atoms with Crippen LogP contribution in [0, 0.1) is 0 Å². The summed E-state index contributed by atoms with van der Waals surface area (Å²) in [5.41, 5.74) is 9.42. The van der Waals surface area contributed by atoms with Crippen LogP contribution in [0.5, 0.6) is 0 Å². The highest BCUT2D eigenvalue weighted by atomic mass is 32.1. The number of para-hydroxylation sites is 2. The molecule has 0 bridgehead atoms. The maximum atomic E-state index is 2.38. The van der Waals surface area contributed by atoms with Crippen molar-refractivity contribution in [2.75, 3.05) is 9.80 Å². The Bertz CT molecular complexity index is 2780. The number of rotatable bonds is 10. The Balaban J connectivity index is 0.865. The molecule has 8 aromatic carbocycles. The summed E-state index contributed by atoms with van der Waals surface area (Å²) in [5, 5.41) is 7.30. The molecular weight excluding hydrogens is 741 g/mol. The smallest absolute Gasteiger partial charge is 0.101 e.